The van der Waals surface area contributed by atoms with E-state index in [0.29, 0.717) is 35.5 Å². The van der Waals surface area contributed by atoms with Crippen LogP contribution in [-0.4, -0.2) is 33.1 Å². The summed E-state index contributed by atoms with van der Waals surface area (Å²) in [5.41, 5.74) is -0.155. The Morgan fingerprint density at radius 2 is 1.62 bits per heavy atom. The van der Waals surface area contributed by atoms with Gasteiger partial charge in [-0.25, -0.2) is 0 Å². The number of hydrogen-bond donors (Lipinski definition) is 3. The molecular formula is C29H52O3. The lowest BCUT2D eigenvalue weighted by molar-refractivity contribution is -0.148. The summed E-state index contributed by atoms with van der Waals surface area (Å²) in [5, 5.41) is 30.6. The van der Waals surface area contributed by atoms with E-state index >= 15 is 0 Å². The van der Waals surface area contributed by atoms with Crippen molar-refractivity contribution in [2.75, 3.05) is 6.61 Å². The maximum atomic E-state index is 10.7. The normalized spacial score (nSPS) is 48.9. The topological polar surface area (TPSA) is 60.7 Å². The van der Waals surface area contributed by atoms with Gasteiger partial charge in [0.15, 0.2) is 0 Å². The van der Waals surface area contributed by atoms with E-state index in [1.54, 1.807) is 0 Å². The van der Waals surface area contributed by atoms with Crippen LogP contribution in [0.5, 0.6) is 0 Å². The van der Waals surface area contributed by atoms with Gasteiger partial charge in [0.05, 0.1) is 11.2 Å². The van der Waals surface area contributed by atoms with E-state index in [4.69, 9.17) is 5.11 Å². The van der Waals surface area contributed by atoms with E-state index < -0.39 is 11.2 Å². The van der Waals surface area contributed by atoms with Gasteiger partial charge in [0.1, 0.15) is 0 Å². The van der Waals surface area contributed by atoms with Crippen LogP contribution in [0, 0.1) is 46.3 Å². The highest BCUT2D eigenvalue weighted by atomic mass is 16.3. The number of hydrogen-bond acceptors (Lipinski definition) is 3. The van der Waals surface area contributed by atoms with Crippen LogP contribution in [0.2, 0.25) is 0 Å². The van der Waals surface area contributed by atoms with Gasteiger partial charge in [0.2, 0.25) is 0 Å². The molecule has 4 fully saturated rings. The third kappa shape index (κ3) is 4.44. The van der Waals surface area contributed by atoms with Crippen molar-refractivity contribution in [3.63, 3.8) is 0 Å². The third-order valence-electron chi connectivity index (χ3n) is 11.7. The fourth-order valence-corrected chi connectivity index (χ4v) is 9.73. The molecule has 4 aliphatic carbocycles. The fourth-order valence-electron chi connectivity index (χ4n) is 9.73. The Hall–Kier alpha value is -0.120. The highest BCUT2D eigenvalue weighted by Crippen LogP contribution is 2.68. The minimum absolute atomic E-state index is 0.175. The molecule has 0 aromatic rings. The lowest BCUT2D eigenvalue weighted by atomic mass is 9.43. The van der Waals surface area contributed by atoms with Crippen LogP contribution >= 0.6 is 0 Å². The van der Waals surface area contributed by atoms with Crippen molar-refractivity contribution in [2.45, 2.75) is 129 Å². The summed E-state index contributed by atoms with van der Waals surface area (Å²) in [6, 6.07) is 0. The summed E-state index contributed by atoms with van der Waals surface area (Å²) >= 11 is 0. The number of aliphatic hydroxyl groups is 3. The molecule has 4 rings (SSSR count). The molecule has 0 aromatic carbocycles. The minimum atomic E-state index is -0.636. The van der Waals surface area contributed by atoms with Crippen LogP contribution in [0.15, 0.2) is 0 Å². The molecule has 0 bridgehead atoms. The van der Waals surface area contributed by atoms with Crippen molar-refractivity contribution < 1.29 is 15.3 Å². The number of aliphatic hydroxyl groups excluding tert-OH is 1. The molecule has 4 aliphatic rings. The quantitative estimate of drug-likeness (QED) is 0.426. The zero-order valence-corrected chi connectivity index (χ0v) is 21.7. The maximum Gasteiger partial charge on any atom is 0.0622 e. The number of rotatable bonds is 7. The van der Waals surface area contributed by atoms with Crippen LogP contribution in [-0.2, 0) is 0 Å². The Kier molecular flexibility index (Phi) is 6.89. The lowest BCUT2D eigenvalue weighted by Crippen LogP contribution is -2.55. The van der Waals surface area contributed by atoms with Gasteiger partial charge in [-0.1, -0.05) is 20.8 Å². The molecule has 4 saturated carbocycles. The smallest absolute Gasteiger partial charge is 0.0622 e. The highest BCUT2D eigenvalue weighted by molar-refractivity contribution is 5.10. The van der Waals surface area contributed by atoms with E-state index in [0.717, 1.165) is 49.4 Å². The maximum absolute atomic E-state index is 10.7. The Balaban J connectivity index is 1.43. The predicted molar refractivity (Wildman–Crippen MR) is 131 cm³/mol. The molecule has 3 heteroatoms. The molecule has 0 saturated heterocycles. The minimum Gasteiger partial charge on any atom is -0.396 e. The second-order valence-electron chi connectivity index (χ2n) is 13.9. The first-order valence-corrected chi connectivity index (χ1v) is 14.0. The first-order valence-electron chi connectivity index (χ1n) is 14.0. The van der Waals surface area contributed by atoms with Gasteiger partial charge in [-0.2, -0.15) is 0 Å². The fraction of sp³-hybridized carbons (Fsp3) is 1.00. The van der Waals surface area contributed by atoms with Gasteiger partial charge in [-0.05, 0) is 144 Å². The van der Waals surface area contributed by atoms with Gasteiger partial charge >= 0.3 is 0 Å². The molecule has 0 radical (unpaired) electrons. The summed E-state index contributed by atoms with van der Waals surface area (Å²) in [7, 11) is 0. The van der Waals surface area contributed by atoms with Crippen molar-refractivity contribution in [3.8, 4) is 0 Å². The predicted octanol–water partition coefficient (Wildman–Crippen LogP) is 6.34. The van der Waals surface area contributed by atoms with E-state index in [1.807, 2.05) is 6.92 Å². The van der Waals surface area contributed by atoms with Gasteiger partial charge in [-0.3, -0.25) is 0 Å². The highest BCUT2D eigenvalue weighted by Gasteiger charge is 2.61. The van der Waals surface area contributed by atoms with E-state index in [-0.39, 0.29) is 6.61 Å². The second-order valence-corrected chi connectivity index (χ2v) is 13.9. The molecule has 0 spiro atoms. The Labute approximate surface area is 197 Å². The van der Waals surface area contributed by atoms with Crippen LogP contribution in [0.25, 0.3) is 0 Å². The zero-order chi connectivity index (χ0) is 23.4. The van der Waals surface area contributed by atoms with E-state index in [2.05, 4.69) is 27.7 Å². The van der Waals surface area contributed by atoms with Crippen molar-refractivity contribution >= 4 is 0 Å². The van der Waals surface area contributed by atoms with Crippen LogP contribution < -0.4 is 0 Å². The summed E-state index contributed by atoms with van der Waals surface area (Å²) in [6.07, 6.45) is 14.9. The average molecular weight is 449 g/mol. The number of fused-ring (bicyclic) bond motifs is 5. The van der Waals surface area contributed by atoms with Crippen molar-refractivity contribution in [1.29, 1.82) is 0 Å². The Morgan fingerprint density at radius 3 is 2.34 bits per heavy atom. The monoisotopic (exact) mass is 448 g/mol. The van der Waals surface area contributed by atoms with Crippen molar-refractivity contribution in [3.05, 3.63) is 0 Å². The molecule has 3 nitrogen and oxygen atoms in total. The molecule has 10 unspecified atom stereocenters. The van der Waals surface area contributed by atoms with Gasteiger partial charge in [-0.15, -0.1) is 0 Å². The zero-order valence-electron chi connectivity index (χ0n) is 21.7. The van der Waals surface area contributed by atoms with Gasteiger partial charge < -0.3 is 15.3 Å². The SMILES string of the molecule is CC(CCC(C)(O)CCCO)C1CCC2C3CCC4CC(C)(O)CCC4(C)C3CCC12C. The molecule has 32 heavy (non-hydrogen) atoms. The molecule has 10 atom stereocenters. The Morgan fingerprint density at radius 1 is 0.906 bits per heavy atom. The average Bonchev–Trinajstić information content (AvgIpc) is 3.08. The summed E-state index contributed by atoms with van der Waals surface area (Å²) in [4.78, 5) is 0. The molecule has 0 aromatic heterocycles. The molecule has 0 heterocycles. The molecule has 0 aliphatic heterocycles. The van der Waals surface area contributed by atoms with Crippen molar-refractivity contribution in [2.24, 2.45) is 46.3 Å². The van der Waals surface area contributed by atoms with Gasteiger partial charge in [0, 0.05) is 6.61 Å². The first kappa shape index (κ1) is 25.0. The summed E-state index contributed by atoms with van der Waals surface area (Å²) in [5.74, 6) is 4.81. The summed E-state index contributed by atoms with van der Waals surface area (Å²) in [6.45, 7) is 11.9. The molecule has 3 N–H and O–H groups in total. The van der Waals surface area contributed by atoms with Crippen LogP contribution in [0.1, 0.15) is 118 Å². The van der Waals surface area contributed by atoms with Crippen LogP contribution in [0.3, 0.4) is 0 Å². The standard InChI is InChI=1S/C29H52O3/c1-20(11-14-26(2,31)13-6-18-30)23-9-10-24-22-8-7-21-19-27(3,32)16-17-28(21,4)25(22)12-15-29(23,24)5/h20-25,30-32H,6-19H2,1-5H3. The van der Waals surface area contributed by atoms with Crippen LogP contribution in [0.4, 0.5) is 0 Å². The summed E-state index contributed by atoms with van der Waals surface area (Å²) < 4.78 is 0. The first-order chi connectivity index (χ1) is 14.9. The second kappa shape index (κ2) is 8.83. The van der Waals surface area contributed by atoms with Gasteiger partial charge in [0.25, 0.3) is 0 Å². The molecule has 186 valence electrons. The van der Waals surface area contributed by atoms with E-state index in [9.17, 15) is 10.2 Å². The molecule has 0 amide bonds. The largest absolute Gasteiger partial charge is 0.396 e. The van der Waals surface area contributed by atoms with Crippen molar-refractivity contribution in [1.82, 2.24) is 0 Å². The lowest BCUT2D eigenvalue weighted by Gasteiger charge is -2.62. The molecular weight excluding hydrogens is 396 g/mol. The third-order valence-corrected chi connectivity index (χ3v) is 11.7. The van der Waals surface area contributed by atoms with E-state index in [1.165, 1.54) is 44.9 Å². The Bertz CT molecular complexity index is 657.